The van der Waals surface area contributed by atoms with Crippen molar-refractivity contribution in [3.8, 4) is 17.0 Å². The molecule has 0 fully saturated rings. The Hall–Kier alpha value is -4.99. The number of nitro benzene ring substituents is 1. The standard InChI is InChI=1S/C27H23N5O5/c1-30-24(18-6-8-21(9-7-18)32(34)35)16-29-27(30)23(15-20-5-3-4-12-28-20)31(17-33)26-14-19-13-22(36-2)10-11-25(19)37-26/h3-14,16-17,23H,15H2,1-2H3. The highest BCUT2D eigenvalue weighted by Gasteiger charge is 2.29. The van der Waals surface area contributed by atoms with Crippen molar-refractivity contribution in [2.75, 3.05) is 12.0 Å². The lowest BCUT2D eigenvalue weighted by molar-refractivity contribution is -0.384. The molecule has 5 rings (SSSR count). The molecular formula is C27H23N5O5. The van der Waals surface area contributed by atoms with Gasteiger partial charge in [0.15, 0.2) is 0 Å². The summed E-state index contributed by atoms with van der Waals surface area (Å²) in [5.74, 6) is 1.64. The molecule has 0 aliphatic rings. The number of pyridine rings is 1. The summed E-state index contributed by atoms with van der Waals surface area (Å²) in [4.78, 5) is 33.7. The van der Waals surface area contributed by atoms with E-state index in [4.69, 9.17) is 9.15 Å². The minimum atomic E-state index is -0.549. The third-order valence-electron chi connectivity index (χ3n) is 6.24. The van der Waals surface area contributed by atoms with Gasteiger partial charge in [-0.1, -0.05) is 6.07 Å². The number of amides is 1. The number of furan rings is 1. The van der Waals surface area contributed by atoms with Gasteiger partial charge >= 0.3 is 0 Å². The summed E-state index contributed by atoms with van der Waals surface area (Å²) in [6, 6.07) is 18.5. The summed E-state index contributed by atoms with van der Waals surface area (Å²) in [6.45, 7) is 0. The molecule has 0 aliphatic heterocycles. The molecular weight excluding hydrogens is 474 g/mol. The number of non-ortho nitro benzene ring substituents is 1. The SMILES string of the molecule is COc1ccc2oc(N(C=O)C(Cc3ccccn3)c3ncc(-c4ccc([N+](=O)[O-])cc4)n3C)cc2c1. The Kier molecular flexibility index (Phi) is 6.38. The molecule has 186 valence electrons. The van der Waals surface area contributed by atoms with Crippen LogP contribution >= 0.6 is 0 Å². The van der Waals surface area contributed by atoms with Crippen molar-refractivity contribution in [1.82, 2.24) is 14.5 Å². The predicted octanol–water partition coefficient (Wildman–Crippen LogP) is 5.09. The number of carbonyl (C=O) groups excluding carboxylic acids is 1. The van der Waals surface area contributed by atoms with E-state index in [-0.39, 0.29) is 5.69 Å². The first-order chi connectivity index (χ1) is 18.0. The molecule has 1 amide bonds. The second kappa shape index (κ2) is 9.94. The van der Waals surface area contributed by atoms with Gasteiger partial charge in [-0.15, -0.1) is 0 Å². The van der Waals surface area contributed by atoms with Crippen molar-refractivity contribution in [2.45, 2.75) is 12.5 Å². The largest absolute Gasteiger partial charge is 0.497 e. The van der Waals surface area contributed by atoms with Gasteiger partial charge in [0.2, 0.25) is 12.3 Å². The Balaban J connectivity index is 1.57. The molecule has 10 heteroatoms. The van der Waals surface area contributed by atoms with Crippen LogP contribution in [0.1, 0.15) is 17.6 Å². The molecule has 0 radical (unpaired) electrons. The van der Waals surface area contributed by atoms with E-state index < -0.39 is 11.0 Å². The van der Waals surface area contributed by atoms with Crippen LogP contribution in [-0.2, 0) is 18.3 Å². The van der Waals surface area contributed by atoms with Crippen LogP contribution in [0.2, 0.25) is 0 Å². The predicted molar refractivity (Wildman–Crippen MR) is 137 cm³/mol. The average Bonchev–Trinajstić information content (AvgIpc) is 3.51. The number of fused-ring (bicyclic) bond motifs is 1. The monoisotopic (exact) mass is 497 g/mol. The maximum Gasteiger partial charge on any atom is 0.269 e. The number of hydrogen-bond acceptors (Lipinski definition) is 7. The molecule has 2 aromatic carbocycles. The second-order valence-electron chi connectivity index (χ2n) is 8.41. The molecule has 37 heavy (non-hydrogen) atoms. The first-order valence-corrected chi connectivity index (χ1v) is 11.5. The van der Waals surface area contributed by atoms with E-state index in [0.29, 0.717) is 29.5 Å². The Morgan fingerprint density at radius 2 is 1.95 bits per heavy atom. The normalized spacial score (nSPS) is 11.8. The molecule has 0 bridgehead atoms. The maximum absolute atomic E-state index is 12.5. The van der Waals surface area contributed by atoms with Gasteiger partial charge in [0.1, 0.15) is 23.2 Å². The van der Waals surface area contributed by atoms with Crippen LogP contribution in [-0.4, -0.2) is 33.0 Å². The molecule has 5 aromatic rings. The van der Waals surface area contributed by atoms with Gasteiger partial charge in [-0.05, 0) is 42.5 Å². The number of aromatic nitrogens is 3. The van der Waals surface area contributed by atoms with Crippen molar-refractivity contribution in [2.24, 2.45) is 7.05 Å². The van der Waals surface area contributed by atoms with E-state index in [1.807, 2.05) is 35.9 Å². The number of ether oxygens (including phenoxy) is 1. The van der Waals surface area contributed by atoms with Crippen LogP contribution in [0.15, 0.2) is 83.5 Å². The average molecular weight is 498 g/mol. The lowest BCUT2D eigenvalue weighted by Crippen LogP contribution is -2.31. The number of imidazole rings is 1. The molecule has 3 heterocycles. The van der Waals surface area contributed by atoms with E-state index in [9.17, 15) is 14.9 Å². The molecule has 1 unspecified atom stereocenters. The number of benzene rings is 2. The van der Waals surface area contributed by atoms with Crippen molar-refractivity contribution in [3.63, 3.8) is 0 Å². The number of hydrogen-bond donors (Lipinski definition) is 0. The Bertz CT molecular complexity index is 1560. The zero-order chi connectivity index (χ0) is 25.9. The zero-order valence-corrected chi connectivity index (χ0v) is 20.1. The quantitative estimate of drug-likeness (QED) is 0.158. The Morgan fingerprint density at radius 3 is 2.62 bits per heavy atom. The van der Waals surface area contributed by atoms with Crippen molar-refractivity contribution in [3.05, 3.63) is 101 Å². The summed E-state index contributed by atoms with van der Waals surface area (Å²) >= 11 is 0. The van der Waals surface area contributed by atoms with E-state index >= 15 is 0 Å². The molecule has 10 nitrogen and oxygen atoms in total. The first kappa shape index (κ1) is 23.7. The number of methoxy groups -OCH3 is 1. The molecule has 3 aromatic heterocycles. The van der Waals surface area contributed by atoms with Crippen LogP contribution in [0, 0.1) is 10.1 Å². The van der Waals surface area contributed by atoms with Gasteiger partial charge in [-0.25, -0.2) is 4.98 Å². The molecule has 0 saturated heterocycles. The van der Waals surface area contributed by atoms with Crippen LogP contribution in [0.5, 0.6) is 5.75 Å². The molecule has 0 spiro atoms. The maximum atomic E-state index is 12.5. The minimum absolute atomic E-state index is 0.00724. The van der Waals surface area contributed by atoms with Crippen molar-refractivity contribution >= 4 is 29.0 Å². The molecule has 1 atom stereocenters. The van der Waals surface area contributed by atoms with Crippen molar-refractivity contribution < 1.29 is 18.9 Å². The summed E-state index contributed by atoms with van der Waals surface area (Å²) in [5, 5.41) is 11.8. The fourth-order valence-electron chi connectivity index (χ4n) is 4.33. The Morgan fingerprint density at radius 1 is 1.14 bits per heavy atom. The van der Waals surface area contributed by atoms with Crippen molar-refractivity contribution in [1.29, 1.82) is 0 Å². The molecule has 0 aliphatic carbocycles. The third-order valence-corrected chi connectivity index (χ3v) is 6.24. The minimum Gasteiger partial charge on any atom is -0.497 e. The molecule has 0 N–H and O–H groups in total. The van der Waals surface area contributed by atoms with E-state index in [1.165, 1.54) is 17.0 Å². The van der Waals surface area contributed by atoms with Crippen LogP contribution < -0.4 is 9.64 Å². The number of carbonyl (C=O) groups is 1. The van der Waals surface area contributed by atoms with Crippen LogP contribution in [0.25, 0.3) is 22.2 Å². The summed E-state index contributed by atoms with van der Waals surface area (Å²) in [5.41, 5.74) is 2.91. The summed E-state index contributed by atoms with van der Waals surface area (Å²) in [7, 11) is 3.43. The van der Waals surface area contributed by atoms with Gasteiger partial charge < -0.3 is 13.7 Å². The third kappa shape index (κ3) is 4.64. The topological polar surface area (TPSA) is 117 Å². The van der Waals surface area contributed by atoms with Crippen LogP contribution in [0.4, 0.5) is 11.6 Å². The van der Waals surface area contributed by atoms with Gasteiger partial charge in [0.25, 0.3) is 5.69 Å². The molecule has 0 saturated carbocycles. The summed E-state index contributed by atoms with van der Waals surface area (Å²) < 4.78 is 13.2. The highest BCUT2D eigenvalue weighted by molar-refractivity contribution is 5.86. The van der Waals surface area contributed by atoms with Gasteiger partial charge in [0.05, 0.1) is 23.9 Å². The van der Waals surface area contributed by atoms with E-state index in [0.717, 1.165) is 28.7 Å². The van der Waals surface area contributed by atoms with E-state index in [2.05, 4.69) is 9.97 Å². The van der Waals surface area contributed by atoms with E-state index in [1.54, 1.807) is 49.8 Å². The summed E-state index contributed by atoms with van der Waals surface area (Å²) in [6.07, 6.45) is 4.49. The number of anilines is 1. The number of nitrogens with zero attached hydrogens (tertiary/aromatic N) is 5. The second-order valence-corrected chi connectivity index (χ2v) is 8.41. The lowest BCUT2D eigenvalue weighted by Gasteiger charge is -2.26. The fraction of sp³-hybridized carbons (Fsp3) is 0.148. The fourth-order valence-corrected chi connectivity index (χ4v) is 4.33. The van der Waals surface area contributed by atoms with Crippen LogP contribution in [0.3, 0.4) is 0 Å². The van der Waals surface area contributed by atoms with Gasteiger partial charge in [-0.3, -0.25) is 24.8 Å². The highest BCUT2D eigenvalue weighted by atomic mass is 16.6. The first-order valence-electron chi connectivity index (χ1n) is 11.5. The Labute approximate surface area is 211 Å². The van der Waals surface area contributed by atoms with Gasteiger partial charge in [0, 0.05) is 54.5 Å². The van der Waals surface area contributed by atoms with Gasteiger partial charge in [-0.2, -0.15) is 0 Å². The lowest BCUT2D eigenvalue weighted by atomic mass is 10.1. The number of nitro groups is 1. The highest BCUT2D eigenvalue weighted by Crippen LogP contribution is 2.35. The zero-order valence-electron chi connectivity index (χ0n) is 20.1. The number of rotatable bonds is 9. The smallest absolute Gasteiger partial charge is 0.269 e.